The number of aliphatic hydroxyl groups is 1. The third kappa shape index (κ3) is 42.9. The molecule has 0 bridgehead atoms. The zero-order chi connectivity index (χ0) is 96.2. The van der Waals surface area contributed by atoms with Crippen molar-refractivity contribution in [3.63, 3.8) is 0 Å². The number of pyridine rings is 1. The number of rotatable bonds is 58. The molecule has 0 spiro atoms. The highest BCUT2D eigenvalue weighted by Gasteiger charge is 2.40. The first kappa shape index (κ1) is 109. The van der Waals surface area contributed by atoms with Crippen molar-refractivity contribution in [1.29, 1.82) is 16.2 Å². The molecule has 1 aromatic heterocycles. The zero-order valence-electron chi connectivity index (χ0n) is 74.0. The van der Waals surface area contributed by atoms with Crippen molar-refractivity contribution in [2.24, 2.45) is 58.1 Å². The second-order valence-electron chi connectivity index (χ2n) is 33.0. The van der Waals surface area contributed by atoms with Gasteiger partial charge in [0.15, 0.2) is 17.9 Å². The van der Waals surface area contributed by atoms with Crippen LogP contribution < -0.4 is 119 Å². The summed E-state index contributed by atoms with van der Waals surface area (Å²) < 4.78 is 0. The van der Waals surface area contributed by atoms with E-state index in [2.05, 4.69) is 90.1 Å². The van der Waals surface area contributed by atoms with Gasteiger partial charge in [-0.05, 0) is 149 Å². The molecule has 16 amide bonds. The molecule has 0 fully saturated rings. The zero-order valence-corrected chi connectivity index (χ0v) is 74.0. The van der Waals surface area contributed by atoms with Gasteiger partial charge in [0.05, 0.1) is 12.5 Å². The summed E-state index contributed by atoms with van der Waals surface area (Å²) >= 11 is 0. The van der Waals surface area contributed by atoms with Crippen LogP contribution in [-0.2, 0) is 96.0 Å². The first-order valence-electron chi connectivity index (χ1n) is 42.3. The summed E-state index contributed by atoms with van der Waals surface area (Å²) in [7, 11) is 0. The predicted molar refractivity (Wildman–Crippen MR) is 471 cm³/mol. The monoisotopic (exact) mass is 1800 g/mol. The Morgan fingerprint density at radius 2 is 0.641 bits per heavy atom. The fraction of sp³-hybridized carbons (Fsp3) is 0.566. The molecule has 0 aliphatic heterocycles. The van der Waals surface area contributed by atoms with Crippen LogP contribution in [0.15, 0.2) is 72.9 Å². The second kappa shape index (κ2) is 55.7. The van der Waals surface area contributed by atoms with E-state index in [0.29, 0.717) is 11.1 Å². The minimum atomic E-state index is -1.94. The van der Waals surface area contributed by atoms with Crippen LogP contribution in [0.1, 0.15) is 170 Å². The van der Waals surface area contributed by atoms with Crippen molar-refractivity contribution in [2.75, 3.05) is 19.6 Å². The molecule has 3 aromatic rings. The molecule has 0 aliphatic carbocycles. The summed E-state index contributed by atoms with van der Waals surface area (Å²) in [5.41, 5.74) is 34.5. The Bertz CT molecular complexity index is 4250. The van der Waals surface area contributed by atoms with Gasteiger partial charge in [0.25, 0.3) is 0 Å². The third-order valence-corrected chi connectivity index (χ3v) is 19.5. The highest BCUT2D eigenvalue weighted by molar-refractivity contribution is 6.01. The molecule has 1 heterocycles. The number of primary amides is 3. The summed E-state index contributed by atoms with van der Waals surface area (Å²) in [5, 5.41) is 95.3. The van der Waals surface area contributed by atoms with E-state index in [0.717, 1.165) is 6.92 Å². The number of phenolic OH excluding ortho intramolecular Hbond substituents is 2. The van der Waals surface area contributed by atoms with E-state index in [9.17, 15) is 87.2 Å². The summed E-state index contributed by atoms with van der Waals surface area (Å²) in [6, 6.07) is -4.43. The van der Waals surface area contributed by atoms with Crippen LogP contribution in [-0.4, -0.2) is 237 Å². The molecule has 14 atom stereocenters. The van der Waals surface area contributed by atoms with Crippen molar-refractivity contribution in [1.82, 2.24) is 90.1 Å². The van der Waals surface area contributed by atoms with E-state index in [-0.39, 0.29) is 132 Å². The molecule has 0 aliphatic rings. The van der Waals surface area contributed by atoms with Crippen LogP contribution >= 0.6 is 0 Å². The molecular formula is C83H132N26O19. The van der Waals surface area contributed by atoms with Crippen LogP contribution in [0.2, 0.25) is 0 Å². The van der Waals surface area contributed by atoms with E-state index in [4.69, 9.17) is 50.6 Å². The molecule has 3 rings (SSSR count). The summed E-state index contributed by atoms with van der Waals surface area (Å²) in [6.45, 7) is 16.1. The minimum absolute atomic E-state index is 0.0166. The van der Waals surface area contributed by atoms with Crippen molar-refractivity contribution in [3.05, 3.63) is 89.7 Å². The lowest BCUT2D eigenvalue weighted by Crippen LogP contribution is -2.62. The van der Waals surface area contributed by atoms with Crippen molar-refractivity contribution < 1.29 is 92.0 Å². The number of aromatic nitrogens is 1. The van der Waals surface area contributed by atoms with Gasteiger partial charge >= 0.3 is 0 Å². The minimum Gasteiger partial charge on any atom is -0.508 e. The van der Waals surface area contributed by atoms with Crippen LogP contribution in [0.25, 0.3) is 0 Å². The number of carbonyl (C=O) groups is 16. The summed E-state index contributed by atoms with van der Waals surface area (Å²) in [5.74, 6) is -18.6. The maximum Gasteiger partial charge on any atom is 0.245 e. The number of benzene rings is 2. The Morgan fingerprint density at radius 1 is 0.344 bits per heavy atom. The van der Waals surface area contributed by atoms with E-state index in [1.165, 1.54) is 61.7 Å². The van der Waals surface area contributed by atoms with Crippen LogP contribution in [0.3, 0.4) is 0 Å². The Balaban J connectivity index is 2.03. The number of nitrogens with zero attached hydrogens (tertiary/aromatic N) is 1. The van der Waals surface area contributed by atoms with Gasteiger partial charge < -0.3 is 135 Å². The van der Waals surface area contributed by atoms with Gasteiger partial charge in [-0.2, -0.15) is 0 Å². The van der Waals surface area contributed by atoms with Crippen molar-refractivity contribution >= 4 is 112 Å². The number of aromatic hydroxyl groups is 2. The van der Waals surface area contributed by atoms with Gasteiger partial charge in [0, 0.05) is 64.1 Å². The van der Waals surface area contributed by atoms with Gasteiger partial charge in [-0.1, -0.05) is 85.7 Å². The molecule has 34 N–H and O–H groups in total. The van der Waals surface area contributed by atoms with Crippen LogP contribution in [0, 0.1) is 39.9 Å². The highest BCUT2D eigenvalue weighted by atomic mass is 16.3. The lowest BCUT2D eigenvalue weighted by Gasteiger charge is -2.30. The molecule has 45 heteroatoms. The molecular weight excluding hydrogens is 1670 g/mol. The fourth-order valence-corrected chi connectivity index (χ4v) is 13.2. The average Bonchev–Trinajstić information content (AvgIpc) is 0.846. The van der Waals surface area contributed by atoms with E-state index in [1.54, 1.807) is 59.7 Å². The maximum atomic E-state index is 15.0. The fourth-order valence-electron chi connectivity index (χ4n) is 13.2. The van der Waals surface area contributed by atoms with Crippen molar-refractivity contribution in [2.45, 2.75) is 257 Å². The molecule has 45 nitrogen and oxygen atoms in total. The lowest BCUT2D eigenvalue weighted by atomic mass is 9.98. The van der Waals surface area contributed by atoms with Crippen LogP contribution in [0.5, 0.6) is 11.5 Å². The number of nitrogens with two attached hydrogens (primary N) is 6. The average molecular weight is 1800 g/mol. The molecule has 128 heavy (non-hydrogen) atoms. The first-order valence-corrected chi connectivity index (χ1v) is 42.3. The summed E-state index contributed by atoms with van der Waals surface area (Å²) in [6.07, 6.45) is -3.76. The molecule has 0 radical (unpaired) electrons. The largest absolute Gasteiger partial charge is 0.508 e. The van der Waals surface area contributed by atoms with E-state index < -0.39 is 228 Å². The quantitative estimate of drug-likeness (QED) is 0.0143. The topological polar surface area (TPSA) is 767 Å². The normalized spacial score (nSPS) is 14.4. The standard InChI is InChI=1S/C83H132N26O19/c1-42(2)34-58(97-47(10)111)73(121)99-54(18-14-32-95-82(89)90)71(119)107-63(40-50-16-11-12-30-93-50)77(125)106-62(39-49-22-26-52(113)27-23-49)76(124)103-60(36-44(5)6)75(123)108-64(41-66(85)115)78(126)104-59(35-43(3)4)74(122)105-61(37-45(7)8)79(127)109-67(46(9)110)80(128)101-55(19-15-33-96-83(91)92)69(117)100-56(28-29-65(84)114)72(120)98-53(17-13-31-94-81(87)88)70(118)102-57(68(86)116)38-48-20-24-51(112)25-21-48/h11-12,16,20-27,30,42-46,53-64,67,110,112-113H,13-15,17-19,28-29,31-41H2,1-10H3,(H2,84,114)(H2,85,115)(H2,86,116)(H,97,111)(H,98,120)(H,99,121)(H,100,117)(H,101,128)(H,102,118)(H,103,124)(H,104,126)(H,105,122)(H,106,125)(H,107,119)(H,108,123)(H,109,127)(H4,87,88,94)(H4,89,90,95)(H4,91,92,96)/t46-,53+,54+,55+,56+,57+,58+,59+,60+,61+,62+,63+,64+,67+/m1/s1. The van der Waals surface area contributed by atoms with Gasteiger partial charge in [-0.3, -0.25) is 97.9 Å². The number of nitrogens with one attached hydrogen (secondary N) is 19. The van der Waals surface area contributed by atoms with Gasteiger partial charge in [0.2, 0.25) is 94.5 Å². The van der Waals surface area contributed by atoms with Crippen LogP contribution in [0.4, 0.5) is 0 Å². The Labute approximate surface area is 743 Å². The highest BCUT2D eigenvalue weighted by Crippen LogP contribution is 2.19. The predicted octanol–water partition coefficient (Wildman–Crippen LogP) is -5.18. The number of guanidine groups is 3. The molecule has 708 valence electrons. The Hall–Kier alpha value is -13.5. The number of amides is 16. The SMILES string of the molecule is CC(=O)N[C@@H](CC(C)C)C(=O)N[C@@H](CCCNC(=N)N)C(=O)N[C@@H](Cc1ccccn1)C(=O)N[C@@H](Cc1ccc(O)cc1)C(=O)N[C@@H](CC(C)C)C(=O)N[C@@H](CC(N)=O)C(=O)N[C@@H](CC(C)C)C(=O)N[C@@H](CC(C)C)C(=O)N[C@H](C(=O)N[C@@H](CCCNC(=N)N)C(=O)N[C@@H](CCC(N)=O)C(=O)N[C@@H](CCCNC(=N)N)C(=O)N[C@@H](Cc1ccc(O)cc1)C(N)=O)[C@@H](C)O. The molecule has 0 saturated heterocycles. The number of hydrogen-bond acceptors (Lipinski definition) is 23. The Kier molecular flexibility index (Phi) is 47.3. The third-order valence-electron chi connectivity index (χ3n) is 19.5. The first-order chi connectivity index (χ1) is 60.1. The van der Waals surface area contributed by atoms with Gasteiger partial charge in [-0.15, -0.1) is 0 Å². The Morgan fingerprint density at radius 3 is 0.969 bits per heavy atom. The van der Waals surface area contributed by atoms with Gasteiger partial charge in [-0.25, -0.2) is 0 Å². The number of hydrogen-bond donors (Lipinski definition) is 28. The summed E-state index contributed by atoms with van der Waals surface area (Å²) in [4.78, 5) is 229. The van der Waals surface area contributed by atoms with E-state index >= 15 is 4.79 Å². The number of aliphatic hydroxyl groups excluding tert-OH is 1. The second-order valence-corrected chi connectivity index (χ2v) is 33.0. The van der Waals surface area contributed by atoms with Gasteiger partial charge in [0.1, 0.15) is 90.0 Å². The lowest BCUT2D eigenvalue weighted by molar-refractivity contribution is -0.138. The molecule has 2 aromatic carbocycles. The smallest absolute Gasteiger partial charge is 0.245 e. The molecule has 0 unspecified atom stereocenters. The van der Waals surface area contributed by atoms with E-state index in [1.807, 2.05) is 13.8 Å². The number of carbonyl (C=O) groups excluding carboxylic acids is 16. The van der Waals surface area contributed by atoms with Crippen molar-refractivity contribution in [3.8, 4) is 11.5 Å². The molecule has 0 saturated carbocycles. The maximum absolute atomic E-state index is 15.0. The number of phenols is 2.